The molecule has 1 aliphatic rings. The first-order valence-corrected chi connectivity index (χ1v) is 10.8. The number of amides is 1. The van der Waals surface area contributed by atoms with E-state index < -0.39 is 0 Å². The Kier molecular flexibility index (Phi) is 6.28. The number of halogens is 2. The Hall–Kier alpha value is -2.85. The zero-order chi connectivity index (χ0) is 22.0. The molecule has 1 aromatic heterocycles. The highest BCUT2D eigenvalue weighted by Crippen LogP contribution is 2.32. The number of hydrogen-bond donors (Lipinski definition) is 1. The van der Waals surface area contributed by atoms with Crippen molar-refractivity contribution in [3.05, 3.63) is 69.3 Å². The molecule has 0 spiro atoms. The van der Waals surface area contributed by atoms with Gasteiger partial charge in [0.25, 0.3) is 5.91 Å². The Morgan fingerprint density at radius 3 is 2.45 bits per heavy atom. The van der Waals surface area contributed by atoms with Gasteiger partial charge in [0, 0.05) is 29.2 Å². The van der Waals surface area contributed by atoms with Crippen LogP contribution in [0.15, 0.2) is 42.5 Å². The van der Waals surface area contributed by atoms with Gasteiger partial charge in [-0.05, 0) is 50.1 Å². The maximum absolute atomic E-state index is 13.1. The molecule has 1 N–H and O–H groups in total. The summed E-state index contributed by atoms with van der Waals surface area (Å²) in [5.41, 5.74) is 6.77. The predicted molar refractivity (Wildman–Crippen MR) is 121 cm³/mol. The van der Waals surface area contributed by atoms with Crippen LogP contribution in [0.5, 0.6) is 0 Å². The lowest BCUT2D eigenvalue weighted by atomic mass is 10.0. The van der Waals surface area contributed by atoms with E-state index in [-0.39, 0.29) is 5.91 Å². The monoisotopic (exact) mass is 453 g/mol. The Morgan fingerprint density at radius 1 is 1.10 bits per heavy atom. The molecule has 1 amide bonds. The van der Waals surface area contributed by atoms with Crippen molar-refractivity contribution in [3.63, 3.8) is 0 Å². The molecule has 0 radical (unpaired) electrons. The molecule has 0 saturated carbocycles. The van der Waals surface area contributed by atoms with Crippen molar-refractivity contribution in [2.75, 3.05) is 13.1 Å². The summed E-state index contributed by atoms with van der Waals surface area (Å²) in [5.74, 6) is -0.252. The summed E-state index contributed by atoms with van der Waals surface area (Å²) in [4.78, 5) is 13.1. The van der Waals surface area contributed by atoms with E-state index in [0.717, 1.165) is 42.8 Å². The Morgan fingerprint density at radius 2 is 1.81 bits per heavy atom. The number of hydrazine groups is 1. The van der Waals surface area contributed by atoms with Crippen molar-refractivity contribution in [1.82, 2.24) is 20.2 Å². The molecule has 2 heterocycles. The number of rotatable bonds is 4. The highest BCUT2D eigenvalue weighted by atomic mass is 35.5. The van der Waals surface area contributed by atoms with E-state index in [1.165, 1.54) is 6.42 Å². The van der Waals surface area contributed by atoms with E-state index in [1.54, 1.807) is 35.0 Å². The summed E-state index contributed by atoms with van der Waals surface area (Å²) in [6.07, 6.45) is 3.30. The van der Waals surface area contributed by atoms with Crippen LogP contribution >= 0.6 is 23.2 Å². The molecule has 1 fully saturated rings. The van der Waals surface area contributed by atoms with Gasteiger partial charge in [-0.1, -0.05) is 41.8 Å². The van der Waals surface area contributed by atoms with Crippen LogP contribution in [0.3, 0.4) is 0 Å². The van der Waals surface area contributed by atoms with E-state index in [0.29, 0.717) is 27.0 Å². The van der Waals surface area contributed by atoms with Crippen LogP contribution in [0.2, 0.25) is 10.0 Å². The number of carbonyl (C=O) groups is 1. The second kappa shape index (κ2) is 9.11. The first kappa shape index (κ1) is 21.4. The van der Waals surface area contributed by atoms with Gasteiger partial charge in [-0.15, -0.1) is 0 Å². The van der Waals surface area contributed by atoms with E-state index in [2.05, 4.69) is 16.6 Å². The highest BCUT2D eigenvalue weighted by Gasteiger charge is 2.24. The third-order valence-corrected chi connectivity index (χ3v) is 5.92. The van der Waals surface area contributed by atoms with Gasteiger partial charge in [0.2, 0.25) is 0 Å². The third kappa shape index (κ3) is 4.45. The number of benzene rings is 2. The molecular formula is C23H21Cl2N5O. The van der Waals surface area contributed by atoms with Gasteiger partial charge < -0.3 is 0 Å². The van der Waals surface area contributed by atoms with Crippen LogP contribution in [0.25, 0.3) is 16.9 Å². The van der Waals surface area contributed by atoms with Crippen LogP contribution in [-0.4, -0.2) is 33.8 Å². The largest absolute Gasteiger partial charge is 0.286 e. The van der Waals surface area contributed by atoms with Gasteiger partial charge in [-0.3, -0.25) is 10.2 Å². The molecule has 6 nitrogen and oxygen atoms in total. The maximum atomic E-state index is 13.1. The molecule has 1 saturated heterocycles. The molecule has 8 heteroatoms. The summed E-state index contributed by atoms with van der Waals surface area (Å²) >= 11 is 12.5. The summed E-state index contributed by atoms with van der Waals surface area (Å²) in [5, 5.41) is 16.7. The lowest BCUT2D eigenvalue weighted by molar-refractivity contribution is 0.0743. The Bertz CT molecular complexity index is 1160. The summed E-state index contributed by atoms with van der Waals surface area (Å²) in [6.45, 7) is 3.53. The second-order valence-electron chi connectivity index (χ2n) is 7.51. The fraction of sp³-hybridized carbons (Fsp3) is 0.261. The van der Waals surface area contributed by atoms with Crippen LogP contribution in [0.4, 0.5) is 0 Å². The molecule has 0 atom stereocenters. The normalized spacial score (nSPS) is 14.3. The molecule has 3 aromatic rings. The minimum absolute atomic E-state index is 0.252. The SMILES string of the molecule is Cc1c(C(=O)NN2CCCCC2)nn(-c2ccc(Cl)cc2Cl)c1-c1ccc(C#N)cc1. The van der Waals surface area contributed by atoms with E-state index in [4.69, 9.17) is 28.5 Å². The molecular weight excluding hydrogens is 433 g/mol. The molecule has 158 valence electrons. The van der Waals surface area contributed by atoms with E-state index in [1.807, 2.05) is 24.1 Å². The molecule has 2 aromatic carbocycles. The lowest BCUT2D eigenvalue weighted by Crippen LogP contribution is -2.45. The molecule has 0 unspecified atom stereocenters. The van der Waals surface area contributed by atoms with Gasteiger partial charge >= 0.3 is 0 Å². The van der Waals surface area contributed by atoms with Gasteiger partial charge in [-0.2, -0.15) is 10.4 Å². The first-order valence-electron chi connectivity index (χ1n) is 10.1. The van der Waals surface area contributed by atoms with Crippen molar-refractivity contribution in [2.45, 2.75) is 26.2 Å². The maximum Gasteiger partial charge on any atom is 0.286 e. The van der Waals surface area contributed by atoms with Crippen molar-refractivity contribution in [2.24, 2.45) is 0 Å². The number of nitrogens with one attached hydrogen (secondary N) is 1. The zero-order valence-corrected chi connectivity index (χ0v) is 18.5. The minimum atomic E-state index is -0.252. The molecule has 4 rings (SSSR count). The minimum Gasteiger partial charge on any atom is -0.283 e. The molecule has 0 bridgehead atoms. The second-order valence-corrected chi connectivity index (χ2v) is 8.35. The Balaban J connectivity index is 1.81. The number of nitriles is 1. The average molecular weight is 454 g/mol. The molecule has 0 aliphatic carbocycles. The van der Waals surface area contributed by atoms with Crippen LogP contribution in [0.1, 0.15) is 40.9 Å². The zero-order valence-electron chi connectivity index (χ0n) is 17.0. The highest BCUT2D eigenvalue weighted by molar-refractivity contribution is 6.35. The lowest BCUT2D eigenvalue weighted by Gasteiger charge is -2.26. The smallest absolute Gasteiger partial charge is 0.283 e. The van der Waals surface area contributed by atoms with Crippen LogP contribution in [0, 0.1) is 18.3 Å². The van der Waals surface area contributed by atoms with Gasteiger partial charge in [-0.25, -0.2) is 9.69 Å². The number of piperidine rings is 1. The van der Waals surface area contributed by atoms with Gasteiger partial charge in [0.15, 0.2) is 5.69 Å². The molecule has 1 aliphatic heterocycles. The quantitative estimate of drug-likeness (QED) is 0.591. The fourth-order valence-corrected chi connectivity index (χ4v) is 4.27. The van der Waals surface area contributed by atoms with Crippen molar-refractivity contribution >= 4 is 29.1 Å². The van der Waals surface area contributed by atoms with Crippen molar-refractivity contribution in [1.29, 1.82) is 5.26 Å². The van der Waals surface area contributed by atoms with E-state index in [9.17, 15) is 4.79 Å². The van der Waals surface area contributed by atoms with Crippen LogP contribution in [-0.2, 0) is 0 Å². The first-order chi connectivity index (χ1) is 15.0. The van der Waals surface area contributed by atoms with Gasteiger partial charge in [0.05, 0.1) is 28.0 Å². The fourth-order valence-electron chi connectivity index (χ4n) is 3.78. The van der Waals surface area contributed by atoms with Crippen molar-refractivity contribution < 1.29 is 4.79 Å². The standard InChI is InChI=1S/C23H21Cl2N5O/c1-15-21(23(31)28-29-11-3-2-4-12-29)27-30(20-10-9-18(24)13-19(20)25)22(15)17-7-5-16(14-26)6-8-17/h5-10,13H,2-4,11-12H2,1H3,(H,28,31). The number of aromatic nitrogens is 2. The molecule has 31 heavy (non-hydrogen) atoms. The third-order valence-electron chi connectivity index (χ3n) is 5.38. The van der Waals surface area contributed by atoms with Crippen molar-refractivity contribution in [3.8, 4) is 23.0 Å². The Labute approximate surface area is 191 Å². The number of hydrogen-bond acceptors (Lipinski definition) is 4. The summed E-state index contributed by atoms with van der Waals surface area (Å²) in [6, 6.07) is 14.4. The number of nitrogens with zero attached hydrogens (tertiary/aromatic N) is 4. The number of carbonyl (C=O) groups excluding carboxylic acids is 1. The predicted octanol–water partition coefficient (Wildman–Crippen LogP) is 5.16. The topological polar surface area (TPSA) is 74.0 Å². The van der Waals surface area contributed by atoms with E-state index >= 15 is 0 Å². The summed E-state index contributed by atoms with van der Waals surface area (Å²) < 4.78 is 1.67. The summed E-state index contributed by atoms with van der Waals surface area (Å²) in [7, 11) is 0. The van der Waals surface area contributed by atoms with Crippen LogP contribution < -0.4 is 5.43 Å². The average Bonchev–Trinajstić information content (AvgIpc) is 3.11. The van der Waals surface area contributed by atoms with Gasteiger partial charge in [0.1, 0.15) is 0 Å².